The van der Waals surface area contributed by atoms with Crippen molar-refractivity contribution < 1.29 is 0 Å². The highest BCUT2D eigenvalue weighted by molar-refractivity contribution is 6.05. The molecule has 27 heavy (non-hydrogen) atoms. The number of para-hydroxylation sites is 1. The van der Waals surface area contributed by atoms with E-state index in [0.717, 1.165) is 16.1 Å². The minimum Gasteiger partial charge on any atom is -0.289 e. The normalized spacial score (nSPS) is 11.7. The number of rotatable bonds is 0. The second kappa shape index (κ2) is 5.11. The zero-order chi connectivity index (χ0) is 18.9. The lowest BCUT2D eigenvalue weighted by Crippen LogP contribution is -2.34. The predicted octanol–water partition coefficient (Wildman–Crippen LogP) is 1.69. The van der Waals surface area contributed by atoms with Gasteiger partial charge < -0.3 is 0 Å². The molecule has 6 heteroatoms. The average Bonchev–Trinajstić information content (AvgIpc) is 2.68. The summed E-state index contributed by atoms with van der Waals surface area (Å²) >= 11 is 0. The molecule has 0 aliphatic heterocycles. The summed E-state index contributed by atoms with van der Waals surface area (Å²) < 4.78 is 2.28. The molecule has 130 valence electrons. The van der Waals surface area contributed by atoms with E-state index in [1.807, 2.05) is 0 Å². The Labute approximate surface area is 150 Å². The molecule has 2 heterocycles. The summed E-state index contributed by atoms with van der Waals surface area (Å²) in [6, 6.07) is 14.1. The first-order valence-corrected chi connectivity index (χ1v) is 8.39. The molecule has 0 fully saturated rings. The van der Waals surface area contributed by atoms with E-state index in [2.05, 4.69) is 0 Å². The Kier molecular flexibility index (Phi) is 2.92. The molecule has 2 aromatic heterocycles. The first-order chi connectivity index (χ1) is 13.0. The average molecular weight is 356 g/mol. The number of benzene rings is 3. The van der Waals surface area contributed by atoms with Gasteiger partial charge >= 0.3 is 0 Å². The van der Waals surface area contributed by atoms with Gasteiger partial charge in [-0.2, -0.15) is 0 Å². The van der Waals surface area contributed by atoms with Gasteiger partial charge in [0.15, 0.2) is 5.43 Å². The molecule has 0 N–H and O–H groups in total. The van der Waals surface area contributed by atoms with Crippen LogP contribution in [0.3, 0.4) is 0 Å². The Morgan fingerprint density at radius 2 is 1.15 bits per heavy atom. The van der Waals surface area contributed by atoms with Crippen LogP contribution in [0.25, 0.3) is 32.6 Å². The number of nitrogens with zero attached hydrogens (tertiary/aromatic N) is 2. The molecule has 0 aliphatic rings. The van der Waals surface area contributed by atoms with Crippen LogP contribution in [0.2, 0.25) is 0 Å². The third-order valence-corrected chi connectivity index (χ3v) is 5.01. The van der Waals surface area contributed by atoms with Gasteiger partial charge in [0.2, 0.25) is 5.43 Å². The molecular weight excluding hydrogens is 344 g/mol. The number of aryl methyl sites for hydroxylation is 1. The molecular formula is C21H12N2O4. The molecule has 5 aromatic rings. The van der Waals surface area contributed by atoms with Crippen molar-refractivity contribution in [3.05, 3.63) is 101 Å². The monoisotopic (exact) mass is 356 g/mol. The fourth-order valence-electron chi connectivity index (χ4n) is 3.83. The molecule has 3 aromatic carbocycles. The number of aromatic nitrogens is 2. The van der Waals surface area contributed by atoms with Crippen LogP contribution in [0, 0.1) is 6.92 Å². The number of hydrogen-bond donors (Lipinski definition) is 0. The Morgan fingerprint density at radius 1 is 0.593 bits per heavy atom. The smallest absolute Gasteiger partial charge is 0.278 e. The highest BCUT2D eigenvalue weighted by atomic mass is 16.2. The van der Waals surface area contributed by atoms with Gasteiger partial charge in [-0.3, -0.25) is 19.2 Å². The first-order valence-electron chi connectivity index (χ1n) is 8.39. The van der Waals surface area contributed by atoms with Crippen LogP contribution in [-0.4, -0.2) is 9.03 Å². The molecule has 0 saturated carbocycles. The molecule has 0 unspecified atom stereocenters. The Hall–Kier alpha value is -3.80. The third kappa shape index (κ3) is 1.84. The lowest BCUT2D eigenvalue weighted by atomic mass is 10.1. The third-order valence-electron chi connectivity index (χ3n) is 5.01. The van der Waals surface area contributed by atoms with Crippen molar-refractivity contribution >= 4 is 32.6 Å². The topological polar surface area (TPSA) is 77.1 Å². The van der Waals surface area contributed by atoms with Crippen molar-refractivity contribution in [2.75, 3.05) is 0 Å². The zero-order valence-corrected chi connectivity index (χ0v) is 14.2. The van der Waals surface area contributed by atoms with E-state index >= 15 is 0 Å². The maximum absolute atomic E-state index is 13.3. The van der Waals surface area contributed by atoms with Crippen molar-refractivity contribution in [1.82, 2.24) is 9.03 Å². The summed E-state index contributed by atoms with van der Waals surface area (Å²) in [4.78, 5) is 51.8. The SMILES string of the molecule is Cc1cccc2c3c(=O)ccc(=O)c3n3c(=O)c4ccccc4c(=O)n3c12. The molecule has 0 bridgehead atoms. The minimum atomic E-state index is -0.511. The summed E-state index contributed by atoms with van der Waals surface area (Å²) in [6.45, 7) is 1.80. The van der Waals surface area contributed by atoms with Crippen molar-refractivity contribution in [3.63, 3.8) is 0 Å². The van der Waals surface area contributed by atoms with E-state index in [1.165, 1.54) is 10.6 Å². The molecule has 5 rings (SSSR count). The Balaban J connectivity index is 2.41. The summed E-state index contributed by atoms with van der Waals surface area (Å²) in [5.74, 6) is 0. The molecule has 0 spiro atoms. The Morgan fingerprint density at radius 3 is 1.81 bits per heavy atom. The van der Waals surface area contributed by atoms with E-state index in [-0.39, 0.29) is 27.1 Å². The van der Waals surface area contributed by atoms with Gasteiger partial charge in [0.25, 0.3) is 11.1 Å². The second-order valence-electron chi connectivity index (χ2n) is 6.54. The Bertz CT molecular complexity index is 1660. The van der Waals surface area contributed by atoms with E-state index in [4.69, 9.17) is 0 Å². The van der Waals surface area contributed by atoms with Crippen LogP contribution >= 0.6 is 0 Å². The highest BCUT2D eigenvalue weighted by Gasteiger charge is 2.19. The van der Waals surface area contributed by atoms with Gasteiger partial charge in [0.1, 0.15) is 5.52 Å². The molecule has 0 aliphatic carbocycles. The molecule has 6 nitrogen and oxygen atoms in total. The zero-order valence-electron chi connectivity index (χ0n) is 14.2. The van der Waals surface area contributed by atoms with Gasteiger partial charge in [-0.25, -0.2) is 9.03 Å². The number of fused-ring (bicyclic) bond motifs is 7. The van der Waals surface area contributed by atoms with Crippen LogP contribution < -0.4 is 22.0 Å². The number of hydrogen-bond acceptors (Lipinski definition) is 4. The summed E-state index contributed by atoms with van der Waals surface area (Å²) in [7, 11) is 0. The molecule has 0 atom stereocenters. The maximum atomic E-state index is 13.3. The van der Waals surface area contributed by atoms with E-state index in [0.29, 0.717) is 10.9 Å². The molecule has 0 saturated heterocycles. The predicted molar refractivity (Wildman–Crippen MR) is 104 cm³/mol. The van der Waals surface area contributed by atoms with Crippen LogP contribution in [-0.2, 0) is 0 Å². The van der Waals surface area contributed by atoms with Crippen molar-refractivity contribution in [3.8, 4) is 0 Å². The van der Waals surface area contributed by atoms with Crippen molar-refractivity contribution in [1.29, 1.82) is 0 Å². The highest BCUT2D eigenvalue weighted by Crippen LogP contribution is 2.22. The van der Waals surface area contributed by atoms with Crippen LogP contribution in [0.5, 0.6) is 0 Å². The van der Waals surface area contributed by atoms with E-state index < -0.39 is 16.5 Å². The van der Waals surface area contributed by atoms with Crippen LogP contribution in [0.4, 0.5) is 0 Å². The van der Waals surface area contributed by atoms with Gasteiger partial charge in [0, 0.05) is 5.39 Å². The van der Waals surface area contributed by atoms with E-state index in [9.17, 15) is 19.2 Å². The molecule has 0 radical (unpaired) electrons. The molecule has 0 amide bonds. The minimum absolute atomic E-state index is 0.0755. The fourth-order valence-corrected chi connectivity index (χ4v) is 3.83. The summed E-state index contributed by atoms with van der Waals surface area (Å²) in [5.41, 5.74) is -0.684. The summed E-state index contributed by atoms with van der Waals surface area (Å²) in [6.07, 6.45) is 0. The van der Waals surface area contributed by atoms with Crippen LogP contribution in [0.1, 0.15) is 5.56 Å². The van der Waals surface area contributed by atoms with Gasteiger partial charge in [-0.1, -0.05) is 30.3 Å². The van der Waals surface area contributed by atoms with Gasteiger partial charge in [-0.05, 0) is 36.8 Å². The van der Waals surface area contributed by atoms with Crippen LogP contribution in [0.15, 0.2) is 73.8 Å². The first kappa shape index (κ1) is 15.5. The maximum Gasteiger partial charge on any atom is 0.278 e. The standard InChI is InChI=1S/C21H12N2O4/c1-11-5-4-8-14-17-15(24)9-10-16(25)19(17)23-21(27)13-7-3-2-6-12(13)20(26)22(23)18(11)14/h2-10H,1H3. The van der Waals surface area contributed by atoms with Crippen molar-refractivity contribution in [2.24, 2.45) is 0 Å². The van der Waals surface area contributed by atoms with Crippen molar-refractivity contribution in [2.45, 2.75) is 6.92 Å². The lowest BCUT2D eigenvalue weighted by molar-refractivity contribution is 0.796. The van der Waals surface area contributed by atoms with Gasteiger partial charge in [0.05, 0.1) is 21.7 Å². The summed E-state index contributed by atoms with van der Waals surface area (Å²) in [5, 5.41) is 1.10. The fraction of sp³-hybridized carbons (Fsp3) is 0.0476. The van der Waals surface area contributed by atoms with Gasteiger partial charge in [-0.15, -0.1) is 0 Å². The quantitative estimate of drug-likeness (QED) is 0.312. The van der Waals surface area contributed by atoms with E-state index in [1.54, 1.807) is 49.4 Å². The largest absolute Gasteiger partial charge is 0.289 e. The second-order valence-corrected chi connectivity index (χ2v) is 6.54. The lowest BCUT2D eigenvalue weighted by Gasteiger charge is -2.14.